The zero-order chi connectivity index (χ0) is 20.2. The second kappa shape index (κ2) is 12.6. The first-order valence-corrected chi connectivity index (χ1v) is 11.5. The number of aromatic nitrogens is 2. The number of nitrogens with zero attached hydrogens (tertiary/aromatic N) is 2. The molecule has 0 spiro atoms. The van der Waals surface area contributed by atoms with Crippen molar-refractivity contribution in [1.82, 2.24) is 25.3 Å². The SMILES string of the molecule is C/C(OSNc1ncns1)=C(F)\C=C(/CBr)NCCCCNCC1(O)CNC1. The molecule has 1 aliphatic rings. The number of unbranched alkanes of at least 4 members (excludes halogenated alkanes) is 1. The van der Waals surface area contributed by atoms with Crippen molar-refractivity contribution in [3.63, 3.8) is 0 Å². The van der Waals surface area contributed by atoms with Crippen molar-refractivity contribution in [2.45, 2.75) is 25.4 Å². The van der Waals surface area contributed by atoms with Gasteiger partial charge < -0.3 is 25.2 Å². The Morgan fingerprint density at radius 1 is 1.50 bits per heavy atom. The molecule has 2 heterocycles. The summed E-state index contributed by atoms with van der Waals surface area (Å²) in [5.74, 6) is -0.285. The van der Waals surface area contributed by atoms with E-state index in [9.17, 15) is 9.50 Å². The standard InChI is InChI=1S/C16H26BrFN6O2S2/c1-12(26-28-24-15-22-11-23-27-15)14(18)6-13(7-17)21-5-3-2-4-19-8-16(25)9-20-10-16/h6,11,19-21,25H,2-5,7-10H2,1H3,(H,22,23,24)/b13-6+,14-12-. The van der Waals surface area contributed by atoms with Gasteiger partial charge in [0.1, 0.15) is 17.7 Å². The van der Waals surface area contributed by atoms with E-state index < -0.39 is 11.4 Å². The van der Waals surface area contributed by atoms with Crippen LogP contribution in [0, 0.1) is 0 Å². The van der Waals surface area contributed by atoms with Gasteiger partial charge in [-0.15, -0.1) is 0 Å². The number of nitrogens with one attached hydrogen (secondary N) is 4. The Hall–Kier alpha value is -0.920. The summed E-state index contributed by atoms with van der Waals surface area (Å²) in [4.78, 5) is 3.94. The normalized spacial score (nSPS) is 16.9. The van der Waals surface area contributed by atoms with Crippen LogP contribution in [0.5, 0.6) is 0 Å². The Labute approximate surface area is 181 Å². The largest absolute Gasteiger partial charge is 0.407 e. The summed E-state index contributed by atoms with van der Waals surface area (Å²) in [6.07, 6.45) is 4.77. The van der Waals surface area contributed by atoms with Crippen LogP contribution in [0.1, 0.15) is 19.8 Å². The van der Waals surface area contributed by atoms with E-state index in [4.69, 9.17) is 4.18 Å². The van der Waals surface area contributed by atoms with E-state index in [1.165, 1.54) is 23.9 Å². The molecule has 0 atom stereocenters. The Bertz CT molecular complexity index is 643. The first-order valence-electron chi connectivity index (χ1n) is 8.89. The highest BCUT2D eigenvalue weighted by Crippen LogP contribution is 2.20. The maximum Gasteiger partial charge on any atom is 0.214 e. The maximum absolute atomic E-state index is 14.2. The molecule has 158 valence electrons. The summed E-state index contributed by atoms with van der Waals surface area (Å²) in [6, 6.07) is 0. The topological polar surface area (TPSA) is 103 Å². The number of halogens is 2. The summed E-state index contributed by atoms with van der Waals surface area (Å²) >= 11 is 5.44. The van der Waals surface area contributed by atoms with Gasteiger partial charge >= 0.3 is 0 Å². The van der Waals surface area contributed by atoms with Gasteiger partial charge in [-0.3, -0.25) is 4.72 Å². The van der Waals surface area contributed by atoms with Gasteiger partial charge in [-0.25, -0.2) is 9.37 Å². The van der Waals surface area contributed by atoms with Crippen molar-refractivity contribution in [1.29, 1.82) is 0 Å². The minimum atomic E-state index is -0.584. The zero-order valence-corrected chi connectivity index (χ0v) is 18.9. The van der Waals surface area contributed by atoms with Crippen molar-refractivity contribution < 1.29 is 13.7 Å². The highest BCUT2D eigenvalue weighted by atomic mass is 79.9. The molecule has 5 N–H and O–H groups in total. The number of rotatable bonds is 14. The van der Waals surface area contributed by atoms with Gasteiger partial charge in [-0.2, -0.15) is 4.37 Å². The quantitative estimate of drug-likeness (QED) is 0.0662. The minimum Gasteiger partial charge on any atom is -0.407 e. The molecule has 0 amide bonds. The van der Waals surface area contributed by atoms with Crippen LogP contribution >= 0.6 is 39.7 Å². The average molecular weight is 497 g/mol. The molecule has 1 aromatic rings. The van der Waals surface area contributed by atoms with Crippen molar-refractivity contribution >= 4 is 44.8 Å². The van der Waals surface area contributed by atoms with E-state index in [1.807, 2.05) is 0 Å². The first-order chi connectivity index (χ1) is 13.5. The van der Waals surface area contributed by atoms with Crippen LogP contribution in [0.4, 0.5) is 9.52 Å². The van der Waals surface area contributed by atoms with Crippen molar-refractivity contribution in [2.75, 3.05) is 42.8 Å². The minimum absolute atomic E-state index is 0.162. The number of β-amino-alcohol motifs (C(OH)–C–C–N with tert-alkyl or cyclic N) is 1. The van der Waals surface area contributed by atoms with Crippen molar-refractivity contribution in [3.8, 4) is 0 Å². The number of hydrogen-bond acceptors (Lipinski definition) is 10. The van der Waals surface area contributed by atoms with Crippen LogP contribution in [0.25, 0.3) is 0 Å². The Morgan fingerprint density at radius 3 is 2.93 bits per heavy atom. The van der Waals surface area contributed by atoms with Gasteiger partial charge in [-0.1, -0.05) is 15.9 Å². The fourth-order valence-electron chi connectivity index (χ4n) is 2.25. The Morgan fingerprint density at radius 2 is 2.29 bits per heavy atom. The van der Waals surface area contributed by atoms with E-state index in [2.05, 4.69) is 46.0 Å². The molecule has 8 nitrogen and oxygen atoms in total. The third-order valence-electron chi connectivity index (χ3n) is 3.93. The smallest absolute Gasteiger partial charge is 0.214 e. The molecule has 1 saturated heterocycles. The fourth-order valence-corrected chi connectivity index (χ4v) is 3.52. The lowest BCUT2D eigenvalue weighted by molar-refractivity contribution is -0.00822. The number of aliphatic hydroxyl groups is 1. The third-order valence-corrected chi connectivity index (χ3v) is 5.86. The third kappa shape index (κ3) is 8.62. The summed E-state index contributed by atoms with van der Waals surface area (Å²) in [6.45, 7) is 5.06. The summed E-state index contributed by atoms with van der Waals surface area (Å²) < 4.78 is 26.2. The molecule has 0 radical (unpaired) electrons. The van der Waals surface area contributed by atoms with Gasteiger partial charge in [-0.05, 0) is 32.4 Å². The summed E-state index contributed by atoms with van der Waals surface area (Å²) in [5.41, 5.74) is 0.157. The van der Waals surface area contributed by atoms with Gasteiger partial charge in [0.2, 0.25) is 5.13 Å². The summed E-state index contributed by atoms with van der Waals surface area (Å²) in [7, 11) is 0. The lowest BCUT2D eigenvalue weighted by Gasteiger charge is -2.37. The Balaban J connectivity index is 1.60. The predicted molar refractivity (Wildman–Crippen MR) is 116 cm³/mol. The van der Waals surface area contributed by atoms with E-state index in [-0.39, 0.29) is 5.76 Å². The lowest BCUT2D eigenvalue weighted by Crippen LogP contribution is -2.64. The second-order valence-corrected chi connectivity index (χ2v) is 8.24. The van der Waals surface area contributed by atoms with Crippen LogP contribution in [0.2, 0.25) is 0 Å². The van der Waals surface area contributed by atoms with E-state index in [0.717, 1.165) is 43.9 Å². The van der Waals surface area contributed by atoms with Crippen LogP contribution in [-0.4, -0.2) is 58.1 Å². The number of allylic oxidation sites excluding steroid dienone is 4. The van der Waals surface area contributed by atoms with Crippen LogP contribution in [0.3, 0.4) is 0 Å². The van der Waals surface area contributed by atoms with Crippen molar-refractivity contribution in [3.05, 3.63) is 29.7 Å². The molecule has 1 fully saturated rings. The van der Waals surface area contributed by atoms with Crippen molar-refractivity contribution in [2.24, 2.45) is 0 Å². The molecular weight excluding hydrogens is 471 g/mol. The van der Waals surface area contributed by atoms with Crippen LogP contribution in [0.15, 0.2) is 29.7 Å². The number of alkyl halides is 1. The highest BCUT2D eigenvalue weighted by Gasteiger charge is 2.33. The van der Waals surface area contributed by atoms with Gasteiger partial charge in [0, 0.05) is 48.7 Å². The summed E-state index contributed by atoms with van der Waals surface area (Å²) in [5, 5.41) is 20.6. The van der Waals surface area contributed by atoms with Gasteiger partial charge in [0.15, 0.2) is 18.1 Å². The Kier molecular flexibility index (Phi) is 10.5. The molecular formula is C16H26BrFN6O2S2. The molecule has 1 aliphatic heterocycles. The maximum atomic E-state index is 14.2. The average Bonchev–Trinajstić information content (AvgIpc) is 3.18. The molecule has 12 heteroatoms. The van der Waals surface area contributed by atoms with E-state index >= 15 is 0 Å². The lowest BCUT2D eigenvalue weighted by atomic mass is 9.97. The van der Waals surface area contributed by atoms with E-state index in [0.29, 0.717) is 30.1 Å². The van der Waals surface area contributed by atoms with Crippen LogP contribution < -0.4 is 20.7 Å². The second-order valence-electron chi connectivity index (χ2n) is 6.36. The molecule has 0 bridgehead atoms. The van der Waals surface area contributed by atoms with E-state index in [1.54, 1.807) is 6.92 Å². The number of anilines is 1. The zero-order valence-electron chi connectivity index (χ0n) is 15.6. The van der Waals surface area contributed by atoms with Gasteiger partial charge in [0.05, 0.1) is 0 Å². The fraction of sp³-hybridized carbons (Fsp3) is 0.625. The first kappa shape index (κ1) is 23.4. The number of hydrogen-bond donors (Lipinski definition) is 5. The monoisotopic (exact) mass is 496 g/mol. The molecule has 0 unspecified atom stereocenters. The predicted octanol–water partition coefficient (Wildman–Crippen LogP) is 2.30. The molecule has 0 saturated carbocycles. The molecule has 1 aromatic heterocycles. The molecule has 2 rings (SSSR count). The highest BCUT2D eigenvalue weighted by molar-refractivity contribution is 9.09. The molecule has 0 aliphatic carbocycles. The van der Waals surface area contributed by atoms with Gasteiger partial charge in [0.25, 0.3) is 0 Å². The molecule has 28 heavy (non-hydrogen) atoms. The van der Waals surface area contributed by atoms with Crippen LogP contribution in [-0.2, 0) is 4.18 Å². The molecule has 0 aromatic carbocycles.